The average Bonchev–Trinajstić information content (AvgIpc) is 2.39. The molecular formula is C15H21NO3S. The van der Waals surface area contributed by atoms with Gasteiger partial charge < -0.3 is 5.11 Å². The highest BCUT2D eigenvalue weighted by Crippen LogP contribution is 2.16. The van der Waals surface area contributed by atoms with Crippen molar-refractivity contribution in [2.75, 3.05) is 17.1 Å². The molecule has 0 spiro atoms. The summed E-state index contributed by atoms with van der Waals surface area (Å²) < 4.78 is 26.6. The number of para-hydroxylation sites is 1. The van der Waals surface area contributed by atoms with Crippen LogP contribution in [0.3, 0.4) is 0 Å². The molecule has 4 nitrogen and oxygen atoms in total. The van der Waals surface area contributed by atoms with E-state index in [1.54, 1.807) is 24.3 Å². The molecule has 0 aromatic heterocycles. The molecule has 1 aromatic carbocycles. The number of sulfonamides is 1. The molecule has 5 heteroatoms. The van der Waals surface area contributed by atoms with Crippen LogP contribution in [-0.4, -0.2) is 25.9 Å². The van der Waals surface area contributed by atoms with E-state index in [4.69, 9.17) is 5.11 Å². The van der Waals surface area contributed by atoms with Crippen molar-refractivity contribution in [2.45, 2.75) is 26.7 Å². The van der Waals surface area contributed by atoms with Crippen molar-refractivity contribution in [3.63, 3.8) is 0 Å². The zero-order valence-corrected chi connectivity index (χ0v) is 12.7. The van der Waals surface area contributed by atoms with Gasteiger partial charge in [-0.2, -0.15) is 0 Å². The van der Waals surface area contributed by atoms with Gasteiger partial charge in [0.15, 0.2) is 0 Å². The maximum Gasteiger partial charge on any atom is 0.232 e. The van der Waals surface area contributed by atoms with Crippen LogP contribution in [0.4, 0.5) is 5.69 Å². The van der Waals surface area contributed by atoms with E-state index in [0.717, 1.165) is 0 Å². The summed E-state index contributed by atoms with van der Waals surface area (Å²) in [6.45, 7) is 3.98. The molecular weight excluding hydrogens is 274 g/mol. The van der Waals surface area contributed by atoms with Crippen LogP contribution in [0, 0.1) is 17.8 Å². The number of aliphatic hydroxyl groups is 1. The molecule has 0 saturated heterocycles. The third kappa shape index (κ3) is 6.09. The van der Waals surface area contributed by atoms with Crippen LogP contribution < -0.4 is 4.72 Å². The van der Waals surface area contributed by atoms with Crippen LogP contribution in [0.15, 0.2) is 24.3 Å². The van der Waals surface area contributed by atoms with Crippen molar-refractivity contribution in [3.05, 3.63) is 29.8 Å². The summed E-state index contributed by atoms with van der Waals surface area (Å²) >= 11 is 0. The molecule has 110 valence electrons. The van der Waals surface area contributed by atoms with Gasteiger partial charge >= 0.3 is 0 Å². The Labute approximate surface area is 121 Å². The summed E-state index contributed by atoms with van der Waals surface area (Å²) in [6.07, 6.45) is 0.988. The van der Waals surface area contributed by atoms with Crippen LogP contribution in [0.25, 0.3) is 0 Å². The SMILES string of the molecule is CC(C)CCS(=O)(=O)Nc1ccccc1C#CCCO. The molecule has 0 fully saturated rings. The Morgan fingerprint density at radius 3 is 2.65 bits per heavy atom. The quantitative estimate of drug-likeness (QED) is 0.791. The minimum absolute atomic E-state index is 0.00468. The number of benzene rings is 1. The molecule has 0 heterocycles. The molecule has 0 radical (unpaired) electrons. The van der Waals surface area contributed by atoms with Crippen molar-refractivity contribution in [1.29, 1.82) is 0 Å². The van der Waals surface area contributed by atoms with Crippen molar-refractivity contribution in [3.8, 4) is 11.8 Å². The normalized spacial score (nSPS) is 11.0. The molecule has 2 N–H and O–H groups in total. The van der Waals surface area contributed by atoms with Crippen LogP contribution in [0.5, 0.6) is 0 Å². The molecule has 0 aliphatic heterocycles. The molecule has 1 rings (SSSR count). The molecule has 0 bridgehead atoms. The van der Waals surface area contributed by atoms with E-state index in [-0.39, 0.29) is 12.4 Å². The highest BCUT2D eigenvalue weighted by atomic mass is 32.2. The molecule has 0 aliphatic carbocycles. The van der Waals surface area contributed by atoms with Crippen LogP contribution in [0.1, 0.15) is 32.3 Å². The van der Waals surface area contributed by atoms with Crippen LogP contribution in [0.2, 0.25) is 0 Å². The zero-order chi connectivity index (χ0) is 15.0. The Kier molecular flexibility index (Phi) is 6.56. The van der Waals surface area contributed by atoms with Gasteiger partial charge in [-0.15, -0.1) is 0 Å². The van der Waals surface area contributed by atoms with Gasteiger partial charge in [-0.3, -0.25) is 4.72 Å². The molecule has 20 heavy (non-hydrogen) atoms. The fraction of sp³-hybridized carbons (Fsp3) is 0.467. The van der Waals surface area contributed by atoms with Crippen LogP contribution in [-0.2, 0) is 10.0 Å². The minimum Gasteiger partial charge on any atom is -0.395 e. The topological polar surface area (TPSA) is 66.4 Å². The second-order valence-electron chi connectivity index (χ2n) is 4.92. The van der Waals surface area contributed by atoms with E-state index in [1.807, 2.05) is 13.8 Å². The highest BCUT2D eigenvalue weighted by molar-refractivity contribution is 7.92. The first-order valence-corrected chi connectivity index (χ1v) is 8.29. The lowest BCUT2D eigenvalue weighted by atomic mass is 10.2. The van der Waals surface area contributed by atoms with Gasteiger partial charge in [-0.05, 0) is 24.5 Å². The third-order valence-electron chi connectivity index (χ3n) is 2.62. The number of aliphatic hydroxyl groups excluding tert-OH is 1. The third-order valence-corrected chi connectivity index (χ3v) is 3.92. The second kappa shape index (κ2) is 7.93. The van der Waals surface area contributed by atoms with E-state index in [9.17, 15) is 8.42 Å². The van der Waals surface area contributed by atoms with Crippen LogP contribution >= 0.6 is 0 Å². The first-order valence-electron chi connectivity index (χ1n) is 6.64. The fourth-order valence-electron chi connectivity index (χ4n) is 1.50. The molecule has 0 amide bonds. The number of rotatable bonds is 6. The smallest absolute Gasteiger partial charge is 0.232 e. The second-order valence-corrected chi connectivity index (χ2v) is 6.77. The standard InChI is InChI=1S/C15H21NO3S/c1-13(2)10-12-20(18,19)16-15-9-4-3-7-14(15)8-5-6-11-17/h3-4,7,9,13,16-17H,6,10-12H2,1-2H3. The fourth-order valence-corrected chi connectivity index (χ4v) is 2.90. The van der Waals surface area contributed by atoms with E-state index in [1.165, 1.54) is 0 Å². The van der Waals surface area contributed by atoms with Gasteiger partial charge in [0, 0.05) is 12.0 Å². The number of nitrogens with one attached hydrogen (secondary N) is 1. The minimum atomic E-state index is -3.35. The lowest BCUT2D eigenvalue weighted by molar-refractivity contribution is 0.305. The van der Waals surface area contributed by atoms with Gasteiger partial charge in [-0.25, -0.2) is 8.42 Å². The maximum absolute atomic E-state index is 12.0. The van der Waals surface area contributed by atoms with Gasteiger partial charge in [0.05, 0.1) is 18.0 Å². The van der Waals surface area contributed by atoms with Crippen molar-refractivity contribution < 1.29 is 13.5 Å². The molecule has 0 aliphatic rings. The predicted molar refractivity (Wildman–Crippen MR) is 81.9 cm³/mol. The first-order chi connectivity index (χ1) is 9.44. The van der Waals surface area contributed by atoms with Crippen molar-refractivity contribution in [1.82, 2.24) is 0 Å². The Morgan fingerprint density at radius 1 is 1.30 bits per heavy atom. The molecule has 0 atom stereocenters. The van der Waals surface area contributed by atoms with Gasteiger partial charge in [-0.1, -0.05) is 37.8 Å². The lowest BCUT2D eigenvalue weighted by Crippen LogP contribution is -2.18. The summed E-state index contributed by atoms with van der Waals surface area (Å²) in [5, 5.41) is 8.71. The highest BCUT2D eigenvalue weighted by Gasteiger charge is 2.12. The number of hydrogen-bond acceptors (Lipinski definition) is 3. The molecule has 0 unspecified atom stereocenters. The Balaban J connectivity index is 2.85. The van der Waals surface area contributed by atoms with Gasteiger partial charge in [0.1, 0.15) is 0 Å². The van der Waals surface area contributed by atoms with Gasteiger partial charge in [0.25, 0.3) is 0 Å². The Hall–Kier alpha value is -1.51. The summed E-state index contributed by atoms with van der Waals surface area (Å²) in [7, 11) is -3.35. The molecule has 0 saturated carbocycles. The zero-order valence-electron chi connectivity index (χ0n) is 11.9. The van der Waals surface area contributed by atoms with E-state index in [2.05, 4.69) is 16.6 Å². The van der Waals surface area contributed by atoms with Crippen molar-refractivity contribution >= 4 is 15.7 Å². The first kappa shape index (κ1) is 16.5. The van der Waals surface area contributed by atoms with E-state index >= 15 is 0 Å². The van der Waals surface area contributed by atoms with Crippen molar-refractivity contribution in [2.24, 2.45) is 5.92 Å². The monoisotopic (exact) mass is 295 g/mol. The van der Waals surface area contributed by atoms with E-state index in [0.29, 0.717) is 30.0 Å². The Morgan fingerprint density at radius 2 is 2.00 bits per heavy atom. The average molecular weight is 295 g/mol. The largest absolute Gasteiger partial charge is 0.395 e. The predicted octanol–water partition coefficient (Wildman–Crippen LogP) is 2.21. The summed E-state index contributed by atoms with van der Waals surface area (Å²) in [4.78, 5) is 0. The summed E-state index contributed by atoms with van der Waals surface area (Å²) in [6, 6.07) is 7.01. The summed E-state index contributed by atoms with van der Waals surface area (Å²) in [5.41, 5.74) is 1.11. The van der Waals surface area contributed by atoms with E-state index < -0.39 is 10.0 Å². The maximum atomic E-state index is 12.0. The number of hydrogen-bond donors (Lipinski definition) is 2. The number of anilines is 1. The molecule has 1 aromatic rings. The Bertz CT molecular complexity index is 583. The lowest BCUT2D eigenvalue weighted by Gasteiger charge is -2.10. The van der Waals surface area contributed by atoms with Gasteiger partial charge in [0.2, 0.25) is 10.0 Å². The summed E-state index contributed by atoms with van der Waals surface area (Å²) in [5.74, 6) is 6.10.